The molecule has 4 nitrogen and oxygen atoms in total. The van der Waals surface area contributed by atoms with Crippen LogP contribution in [0, 0.1) is 0 Å². The lowest BCUT2D eigenvalue weighted by atomic mass is 10.6. The number of oxime groups is 1. The Kier molecular flexibility index (Phi) is 6.37. The maximum absolute atomic E-state index is 10.7. The first-order valence-corrected chi connectivity index (χ1v) is 3.71. The zero-order chi connectivity index (χ0) is 8.53. The Morgan fingerprint density at radius 2 is 2.36 bits per heavy atom. The van der Waals surface area contributed by atoms with Gasteiger partial charge < -0.3 is 10.2 Å². The van der Waals surface area contributed by atoms with E-state index >= 15 is 0 Å². The molecular formula is C7H14N2O2. The summed E-state index contributed by atoms with van der Waals surface area (Å²) in [5.41, 5.74) is 0. The van der Waals surface area contributed by atoms with Crippen LogP contribution in [0.3, 0.4) is 0 Å². The summed E-state index contributed by atoms with van der Waals surface area (Å²) in [5.74, 6) is -0.138. The topological polar surface area (TPSA) is 50.7 Å². The molecule has 1 amide bonds. The number of nitrogens with zero attached hydrogens (tertiary/aromatic N) is 1. The van der Waals surface area contributed by atoms with Crippen molar-refractivity contribution in [2.45, 2.75) is 20.3 Å². The molecule has 0 heterocycles. The first kappa shape index (κ1) is 9.94. The molecule has 0 aliphatic heterocycles. The quantitative estimate of drug-likeness (QED) is 0.469. The van der Waals surface area contributed by atoms with Gasteiger partial charge in [-0.2, -0.15) is 0 Å². The zero-order valence-electron chi connectivity index (χ0n) is 6.96. The molecule has 0 aromatic heterocycles. The van der Waals surface area contributed by atoms with Gasteiger partial charge in [-0.05, 0) is 13.3 Å². The van der Waals surface area contributed by atoms with Crippen molar-refractivity contribution in [3.63, 3.8) is 0 Å². The van der Waals surface area contributed by atoms with Crippen molar-refractivity contribution < 1.29 is 9.63 Å². The van der Waals surface area contributed by atoms with E-state index in [1.165, 1.54) is 0 Å². The Balaban J connectivity index is 3.24. The van der Waals surface area contributed by atoms with Gasteiger partial charge in [-0.1, -0.05) is 12.1 Å². The van der Waals surface area contributed by atoms with E-state index in [-0.39, 0.29) is 12.5 Å². The number of amides is 1. The Labute approximate surface area is 66.6 Å². The minimum Gasteiger partial charge on any atom is -0.386 e. The number of rotatable bonds is 5. The van der Waals surface area contributed by atoms with E-state index in [1.54, 1.807) is 6.21 Å². The maximum atomic E-state index is 10.7. The lowest BCUT2D eigenvalue weighted by molar-refractivity contribution is -0.125. The van der Waals surface area contributed by atoms with Crippen molar-refractivity contribution in [2.24, 2.45) is 5.16 Å². The lowest BCUT2D eigenvalue weighted by Gasteiger charge is -1.98. The standard InChI is InChI=1S/C7H14N2O2/c1-3-5-9-11-6-7(10)8-4-2/h5H,3-4,6H2,1-2H3,(H,8,10). The molecule has 1 N–H and O–H groups in total. The molecule has 0 saturated heterocycles. The molecule has 0 bridgehead atoms. The van der Waals surface area contributed by atoms with Crippen molar-refractivity contribution in [3.05, 3.63) is 0 Å². The van der Waals surface area contributed by atoms with E-state index in [1.807, 2.05) is 13.8 Å². The molecule has 0 spiro atoms. The highest BCUT2D eigenvalue weighted by Gasteiger charge is 1.96. The van der Waals surface area contributed by atoms with Gasteiger partial charge in [0.2, 0.25) is 0 Å². The van der Waals surface area contributed by atoms with Crippen LogP contribution in [0.1, 0.15) is 20.3 Å². The van der Waals surface area contributed by atoms with Crippen LogP contribution in [0.5, 0.6) is 0 Å². The molecule has 0 aromatic carbocycles. The number of hydrogen-bond donors (Lipinski definition) is 1. The number of nitrogens with one attached hydrogen (secondary N) is 1. The SMILES string of the molecule is CCC=NOCC(=O)NCC. The van der Waals surface area contributed by atoms with Crippen molar-refractivity contribution in [3.8, 4) is 0 Å². The fourth-order valence-electron chi connectivity index (χ4n) is 0.471. The van der Waals surface area contributed by atoms with Gasteiger partial charge in [0.1, 0.15) is 0 Å². The predicted octanol–water partition coefficient (Wildman–Crippen LogP) is 0.535. The molecule has 0 aromatic rings. The molecule has 0 aliphatic carbocycles. The Bertz CT molecular complexity index is 134. The molecule has 0 rings (SSSR count). The smallest absolute Gasteiger partial charge is 0.260 e. The number of carbonyl (C=O) groups excluding carboxylic acids is 1. The molecule has 0 fully saturated rings. The van der Waals surface area contributed by atoms with Crippen LogP contribution in [-0.2, 0) is 9.63 Å². The van der Waals surface area contributed by atoms with Crippen LogP contribution in [0.25, 0.3) is 0 Å². The molecule has 4 heteroatoms. The average Bonchev–Trinajstić information content (AvgIpc) is 1.99. The normalized spacial score (nSPS) is 10.0. The Morgan fingerprint density at radius 3 is 2.91 bits per heavy atom. The highest BCUT2D eigenvalue weighted by atomic mass is 16.6. The van der Waals surface area contributed by atoms with Crippen LogP contribution in [-0.4, -0.2) is 25.3 Å². The molecule has 11 heavy (non-hydrogen) atoms. The molecule has 0 atom stereocenters. The van der Waals surface area contributed by atoms with Crippen LogP contribution in [0.2, 0.25) is 0 Å². The summed E-state index contributed by atoms with van der Waals surface area (Å²) in [4.78, 5) is 15.3. The Morgan fingerprint density at radius 1 is 1.64 bits per heavy atom. The fourth-order valence-corrected chi connectivity index (χ4v) is 0.471. The summed E-state index contributed by atoms with van der Waals surface area (Å²) in [6, 6.07) is 0. The molecule has 0 unspecified atom stereocenters. The molecule has 0 radical (unpaired) electrons. The number of likely N-dealkylation sites (N-methyl/N-ethyl adjacent to an activating group) is 1. The third kappa shape index (κ3) is 6.83. The lowest BCUT2D eigenvalue weighted by Crippen LogP contribution is -2.26. The minimum absolute atomic E-state index is 0.00431. The predicted molar refractivity (Wildman–Crippen MR) is 43.4 cm³/mol. The van der Waals surface area contributed by atoms with Crippen LogP contribution in [0.15, 0.2) is 5.16 Å². The average molecular weight is 158 g/mol. The molecule has 0 saturated carbocycles. The second-order valence-corrected chi connectivity index (χ2v) is 1.92. The zero-order valence-corrected chi connectivity index (χ0v) is 6.96. The largest absolute Gasteiger partial charge is 0.386 e. The highest BCUT2D eigenvalue weighted by molar-refractivity contribution is 5.77. The summed E-state index contributed by atoms with van der Waals surface area (Å²) in [6.07, 6.45) is 2.43. The van der Waals surface area contributed by atoms with Gasteiger partial charge in [0, 0.05) is 12.8 Å². The maximum Gasteiger partial charge on any atom is 0.260 e. The highest BCUT2D eigenvalue weighted by Crippen LogP contribution is 1.76. The third-order valence-electron chi connectivity index (χ3n) is 0.901. The first-order chi connectivity index (χ1) is 5.31. The van der Waals surface area contributed by atoms with E-state index in [0.29, 0.717) is 6.54 Å². The van der Waals surface area contributed by atoms with E-state index in [2.05, 4.69) is 15.3 Å². The second kappa shape index (κ2) is 7.05. The van der Waals surface area contributed by atoms with Gasteiger partial charge in [-0.25, -0.2) is 0 Å². The van der Waals surface area contributed by atoms with Gasteiger partial charge in [0.25, 0.3) is 5.91 Å². The molecular weight excluding hydrogens is 144 g/mol. The summed E-state index contributed by atoms with van der Waals surface area (Å²) in [7, 11) is 0. The van der Waals surface area contributed by atoms with E-state index < -0.39 is 0 Å². The summed E-state index contributed by atoms with van der Waals surface area (Å²) >= 11 is 0. The Hall–Kier alpha value is -1.06. The van der Waals surface area contributed by atoms with E-state index in [9.17, 15) is 4.79 Å². The van der Waals surface area contributed by atoms with Crippen molar-refractivity contribution in [1.82, 2.24) is 5.32 Å². The van der Waals surface area contributed by atoms with Crippen LogP contribution >= 0.6 is 0 Å². The van der Waals surface area contributed by atoms with Gasteiger partial charge in [0.15, 0.2) is 6.61 Å². The minimum atomic E-state index is -0.138. The fraction of sp³-hybridized carbons (Fsp3) is 0.714. The van der Waals surface area contributed by atoms with E-state index in [4.69, 9.17) is 0 Å². The summed E-state index contributed by atoms with van der Waals surface area (Å²) in [5, 5.41) is 6.11. The number of carbonyl (C=O) groups is 1. The third-order valence-corrected chi connectivity index (χ3v) is 0.901. The van der Waals surface area contributed by atoms with E-state index in [0.717, 1.165) is 6.42 Å². The van der Waals surface area contributed by atoms with Gasteiger partial charge in [-0.3, -0.25) is 4.79 Å². The summed E-state index contributed by atoms with van der Waals surface area (Å²) < 4.78 is 0. The number of hydrogen-bond acceptors (Lipinski definition) is 3. The van der Waals surface area contributed by atoms with Gasteiger partial charge in [0.05, 0.1) is 0 Å². The monoisotopic (exact) mass is 158 g/mol. The van der Waals surface area contributed by atoms with Crippen LogP contribution < -0.4 is 5.32 Å². The second-order valence-electron chi connectivity index (χ2n) is 1.92. The molecule has 64 valence electrons. The van der Waals surface area contributed by atoms with Gasteiger partial charge >= 0.3 is 0 Å². The molecule has 0 aliphatic rings. The van der Waals surface area contributed by atoms with Crippen LogP contribution in [0.4, 0.5) is 0 Å². The van der Waals surface area contributed by atoms with Crippen molar-refractivity contribution >= 4 is 12.1 Å². The van der Waals surface area contributed by atoms with Crippen molar-refractivity contribution in [2.75, 3.05) is 13.2 Å². The first-order valence-electron chi connectivity index (χ1n) is 3.71. The van der Waals surface area contributed by atoms with Gasteiger partial charge in [-0.15, -0.1) is 0 Å². The van der Waals surface area contributed by atoms with Crippen molar-refractivity contribution in [1.29, 1.82) is 0 Å². The summed E-state index contributed by atoms with van der Waals surface area (Å²) in [6.45, 7) is 4.43.